The summed E-state index contributed by atoms with van der Waals surface area (Å²) in [4.78, 5) is 27.2. The summed E-state index contributed by atoms with van der Waals surface area (Å²) in [5.74, 6) is -0.0798. The Hall–Kier alpha value is -3.35. The standard InChI is InChI=1S/C21H19FN4O2/c22-17-5-1-2-6-19(17)28-20-13-24-12-18(25-20)16-4-3-11-26(14-16)21(27)15-7-9-23-10-8-15/h1-2,5-10,12-13,16H,3-4,11,14H2/t16-/m0/s1. The Morgan fingerprint density at radius 1 is 1.11 bits per heavy atom. The summed E-state index contributed by atoms with van der Waals surface area (Å²) in [6, 6.07) is 9.60. The van der Waals surface area contributed by atoms with Crippen molar-refractivity contribution in [2.45, 2.75) is 18.8 Å². The first-order valence-electron chi connectivity index (χ1n) is 9.14. The average molecular weight is 378 g/mol. The van der Waals surface area contributed by atoms with E-state index < -0.39 is 5.82 Å². The van der Waals surface area contributed by atoms with Crippen LogP contribution < -0.4 is 4.74 Å². The third-order valence-corrected chi connectivity index (χ3v) is 4.74. The Bertz CT molecular complexity index is 967. The Balaban J connectivity index is 1.49. The molecule has 1 fully saturated rings. The van der Waals surface area contributed by atoms with Gasteiger partial charge in [-0.2, -0.15) is 0 Å². The van der Waals surface area contributed by atoms with Gasteiger partial charge >= 0.3 is 0 Å². The monoisotopic (exact) mass is 378 g/mol. The quantitative estimate of drug-likeness (QED) is 0.690. The zero-order valence-corrected chi connectivity index (χ0v) is 15.2. The second-order valence-electron chi connectivity index (χ2n) is 6.64. The number of likely N-dealkylation sites (tertiary alicyclic amines) is 1. The van der Waals surface area contributed by atoms with Gasteiger partial charge in [0.15, 0.2) is 11.6 Å². The highest BCUT2D eigenvalue weighted by Crippen LogP contribution is 2.28. The lowest BCUT2D eigenvalue weighted by molar-refractivity contribution is 0.0705. The van der Waals surface area contributed by atoms with Crippen LogP contribution in [0.15, 0.2) is 61.2 Å². The van der Waals surface area contributed by atoms with Crippen molar-refractivity contribution in [1.82, 2.24) is 19.9 Å². The van der Waals surface area contributed by atoms with Crippen LogP contribution in [0.5, 0.6) is 11.6 Å². The highest BCUT2D eigenvalue weighted by atomic mass is 19.1. The van der Waals surface area contributed by atoms with Crippen LogP contribution in [0.4, 0.5) is 4.39 Å². The number of rotatable bonds is 4. The molecule has 1 aliphatic heterocycles. The van der Waals surface area contributed by atoms with Crippen molar-refractivity contribution < 1.29 is 13.9 Å². The maximum atomic E-state index is 13.8. The minimum atomic E-state index is -0.457. The van der Waals surface area contributed by atoms with Crippen LogP contribution in [0, 0.1) is 5.82 Å². The summed E-state index contributed by atoms with van der Waals surface area (Å²) in [7, 11) is 0. The van der Waals surface area contributed by atoms with Crippen molar-refractivity contribution in [1.29, 1.82) is 0 Å². The van der Waals surface area contributed by atoms with Crippen LogP contribution in [0.2, 0.25) is 0 Å². The summed E-state index contributed by atoms with van der Waals surface area (Å²) < 4.78 is 19.4. The van der Waals surface area contributed by atoms with E-state index in [9.17, 15) is 9.18 Å². The Kier molecular flexibility index (Phi) is 5.23. The number of carbonyl (C=O) groups excluding carboxylic acids is 1. The molecule has 6 nitrogen and oxygen atoms in total. The minimum absolute atomic E-state index is 0.0150. The van der Waals surface area contributed by atoms with Gasteiger partial charge in [0.05, 0.1) is 11.9 Å². The van der Waals surface area contributed by atoms with Gasteiger partial charge in [-0.05, 0) is 37.1 Å². The van der Waals surface area contributed by atoms with E-state index in [0.29, 0.717) is 18.7 Å². The lowest BCUT2D eigenvalue weighted by Gasteiger charge is -2.32. The van der Waals surface area contributed by atoms with Crippen molar-refractivity contribution in [2.24, 2.45) is 0 Å². The van der Waals surface area contributed by atoms with Crippen molar-refractivity contribution in [3.05, 3.63) is 78.3 Å². The number of amides is 1. The lowest BCUT2D eigenvalue weighted by Crippen LogP contribution is -2.39. The number of hydrogen-bond acceptors (Lipinski definition) is 5. The normalized spacial score (nSPS) is 16.6. The highest BCUT2D eigenvalue weighted by Gasteiger charge is 2.26. The van der Waals surface area contributed by atoms with Gasteiger partial charge in [-0.15, -0.1) is 0 Å². The number of piperidine rings is 1. The fraction of sp³-hybridized carbons (Fsp3) is 0.238. The Morgan fingerprint density at radius 3 is 2.75 bits per heavy atom. The molecule has 28 heavy (non-hydrogen) atoms. The predicted octanol–water partition coefficient (Wildman–Crippen LogP) is 3.82. The van der Waals surface area contributed by atoms with Crippen LogP contribution in [0.3, 0.4) is 0 Å². The molecule has 0 radical (unpaired) electrons. The van der Waals surface area contributed by atoms with E-state index >= 15 is 0 Å². The zero-order valence-electron chi connectivity index (χ0n) is 15.2. The fourth-order valence-corrected chi connectivity index (χ4v) is 3.33. The van der Waals surface area contributed by atoms with E-state index in [2.05, 4.69) is 15.0 Å². The van der Waals surface area contributed by atoms with Crippen molar-refractivity contribution >= 4 is 5.91 Å². The molecule has 1 amide bonds. The molecule has 0 N–H and O–H groups in total. The molecule has 142 valence electrons. The van der Waals surface area contributed by atoms with Gasteiger partial charge < -0.3 is 9.64 Å². The number of pyridine rings is 1. The summed E-state index contributed by atoms with van der Waals surface area (Å²) >= 11 is 0. The number of ether oxygens (including phenoxy) is 1. The molecular formula is C21H19FN4O2. The molecular weight excluding hydrogens is 359 g/mol. The van der Waals surface area contributed by atoms with E-state index in [-0.39, 0.29) is 23.5 Å². The van der Waals surface area contributed by atoms with Crippen molar-refractivity contribution in [3.63, 3.8) is 0 Å². The molecule has 3 heterocycles. The molecule has 7 heteroatoms. The number of nitrogens with zero attached hydrogens (tertiary/aromatic N) is 4. The first-order valence-corrected chi connectivity index (χ1v) is 9.14. The molecule has 1 aromatic carbocycles. The van der Waals surface area contributed by atoms with E-state index in [1.165, 1.54) is 12.3 Å². The van der Waals surface area contributed by atoms with Gasteiger partial charge in [0, 0.05) is 43.2 Å². The molecule has 1 atom stereocenters. The van der Waals surface area contributed by atoms with Crippen LogP contribution in [-0.2, 0) is 0 Å². The Labute approximate surface area is 162 Å². The molecule has 1 aliphatic rings. The maximum Gasteiger partial charge on any atom is 0.253 e. The van der Waals surface area contributed by atoms with Gasteiger partial charge in [-0.25, -0.2) is 9.37 Å². The molecule has 1 saturated heterocycles. The molecule has 0 aliphatic carbocycles. The maximum absolute atomic E-state index is 13.8. The van der Waals surface area contributed by atoms with Gasteiger partial charge in [-0.1, -0.05) is 12.1 Å². The smallest absolute Gasteiger partial charge is 0.253 e. The van der Waals surface area contributed by atoms with Gasteiger partial charge in [0.2, 0.25) is 5.88 Å². The largest absolute Gasteiger partial charge is 0.434 e. The third kappa shape index (κ3) is 3.98. The van der Waals surface area contributed by atoms with Gasteiger partial charge in [0.25, 0.3) is 5.91 Å². The summed E-state index contributed by atoms with van der Waals surface area (Å²) in [5, 5.41) is 0. The number of halogens is 1. The second-order valence-corrected chi connectivity index (χ2v) is 6.64. The summed E-state index contributed by atoms with van der Waals surface area (Å²) in [6.07, 6.45) is 8.14. The summed E-state index contributed by atoms with van der Waals surface area (Å²) in [5.41, 5.74) is 1.36. The van der Waals surface area contributed by atoms with E-state index in [1.807, 2.05) is 4.90 Å². The van der Waals surface area contributed by atoms with Crippen LogP contribution in [-0.4, -0.2) is 38.8 Å². The fourth-order valence-electron chi connectivity index (χ4n) is 3.33. The van der Waals surface area contributed by atoms with Gasteiger partial charge in [-0.3, -0.25) is 14.8 Å². The van der Waals surface area contributed by atoms with Crippen LogP contribution >= 0.6 is 0 Å². The topological polar surface area (TPSA) is 68.2 Å². The molecule has 0 spiro atoms. The number of para-hydroxylation sites is 1. The molecule has 4 rings (SSSR count). The van der Waals surface area contributed by atoms with E-state index in [4.69, 9.17) is 4.74 Å². The number of benzene rings is 1. The van der Waals surface area contributed by atoms with E-state index in [1.54, 1.807) is 48.9 Å². The SMILES string of the molecule is O=C(c1ccncc1)N1CCC[C@H](c2cncc(Oc3ccccc3F)n2)C1. The predicted molar refractivity (Wildman–Crippen MR) is 101 cm³/mol. The molecule has 0 bridgehead atoms. The molecule has 0 unspecified atom stereocenters. The second kappa shape index (κ2) is 8.12. The molecule has 0 saturated carbocycles. The third-order valence-electron chi connectivity index (χ3n) is 4.74. The lowest BCUT2D eigenvalue weighted by atomic mass is 9.94. The number of carbonyl (C=O) groups is 1. The number of hydrogen-bond donors (Lipinski definition) is 0. The minimum Gasteiger partial charge on any atom is -0.434 e. The highest BCUT2D eigenvalue weighted by molar-refractivity contribution is 5.94. The summed E-state index contributed by atoms with van der Waals surface area (Å²) in [6.45, 7) is 1.26. The number of aromatic nitrogens is 3. The molecule has 3 aromatic rings. The van der Waals surface area contributed by atoms with E-state index in [0.717, 1.165) is 18.5 Å². The van der Waals surface area contributed by atoms with Crippen molar-refractivity contribution in [2.75, 3.05) is 13.1 Å². The average Bonchev–Trinajstić information content (AvgIpc) is 2.76. The van der Waals surface area contributed by atoms with Crippen molar-refractivity contribution in [3.8, 4) is 11.6 Å². The Morgan fingerprint density at radius 2 is 1.93 bits per heavy atom. The van der Waals surface area contributed by atoms with Crippen LogP contribution in [0.1, 0.15) is 34.8 Å². The first kappa shape index (κ1) is 18.0. The van der Waals surface area contributed by atoms with Crippen LogP contribution in [0.25, 0.3) is 0 Å². The van der Waals surface area contributed by atoms with Gasteiger partial charge in [0.1, 0.15) is 0 Å². The first-order chi connectivity index (χ1) is 13.7. The molecule has 2 aromatic heterocycles. The zero-order chi connectivity index (χ0) is 19.3.